The summed E-state index contributed by atoms with van der Waals surface area (Å²) in [5.41, 5.74) is 6.47. The highest BCUT2D eigenvalue weighted by molar-refractivity contribution is 7.89. The molecule has 1 saturated carbocycles. The molecule has 0 unspecified atom stereocenters. The second-order valence-corrected chi connectivity index (χ2v) is 7.21. The Morgan fingerprint density at radius 3 is 2.65 bits per heavy atom. The molecule has 0 spiro atoms. The first-order valence-electron chi connectivity index (χ1n) is 6.95. The molecule has 0 aliphatic heterocycles. The summed E-state index contributed by atoms with van der Waals surface area (Å²) >= 11 is 0. The smallest absolute Gasteiger partial charge is 0.243 e. The minimum Gasteiger partial charge on any atom is -0.398 e. The summed E-state index contributed by atoms with van der Waals surface area (Å²) in [5, 5.41) is 0. The highest BCUT2D eigenvalue weighted by atomic mass is 32.2. The maximum absolute atomic E-state index is 13.8. The Balaban J connectivity index is 2.04. The molecule has 3 N–H and O–H groups in total. The SMILES string of the molecule is Cc1cc(F)c(S(=O)(=O)NCCC2CCCC2)cc1N. The van der Waals surface area contributed by atoms with E-state index in [9.17, 15) is 12.8 Å². The van der Waals surface area contributed by atoms with Gasteiger partial charge in [-0.05, 0) is 37.0 Å². The fourth-order valence-electron chi connectivity index (χ4n) is 2.65. The number of nitrogens with one attached hydrogen (secondary N) is 1. The standard InChI is InChI=1S/C14H21FN2O2S/c1-10-8-12(15)14(9-13(10)16)20(18,19)17-7-6-11-4-2-3-5-11/h8-9,11,17H,2-7,16H2,1H3. The molecule has 0 bridgehead atoms. The van der Waals surface area contributed by atoms with E-state index >= 15 is 0 Å². The van der Waals surface area contributed by atoms with Crippen molar-refractivity contribution in [2.45, 2.75) is 43.9 Å². The Hall–Kier alpha value is -1.14. The third-order valence-electron chi connectivity index (χ3n) is 3.93. The molecule has 0 amide bonds. The van der Waals surface area contributed by atoms with Crippen LogP contribution in [0.5, 0.6) is 0 Å². The highest BCUT2D eigenvalue weighted by Gasteiger charge is 2.21. The van der Waals surface area contributed by atoms with Crippen LogP contribution in [-0.4, -0.2) is 15.0 Å². The Kier molecular flexibility index (Phi) is 4.65. The summed E-state index contributed by atoms with van der Waals surface area (Å²) in [7, 11) is -3.83. The Morgan fingerprint density at radius 2 is 2.00 bits per heavy atom. The molecule has 1 aromatic rings. The van der Waals surface area contributed by atoms with E-state index in [0.29, 0.717) is 18.0 Å². The summed E-state index contributed by atoms with van der Waals surface area (Å²) in [6, 6.07) is 2.34. The number of sulfonamides is 1. The van der Waals surface area contributed by atoms with Crippen LogP contribution in [0, 0.1) is 18.7 Å². The summed E-state index contributed by atoms with van der Waals surface area (Å²) in [5.74, 6) is -0.171. The van der Waals surface area contributed by atoms with Gasteiger partial charge in [0.15, 0.2) is 0 Å². The van der Waals surface area contributed by atoms with Gasteiger partial charge in [0.25, 0.3) is 0 Å². The zero-order valence-electron chi connectivity index (χ0n) is 11.7. The van der Waals surface area contributed by atoms with E-state index in [-0.39, 0.29) is 10.6 Å². The van der Waals surface area contributed by atoms with Crippen LogP contribution in [-0.2, 0) is 10.0 Å². The number of anilines is 1. The maximum atomic E-state index is 13.8. The normalized spacial score (nSPS) is 16.7. The van der Waals surface area contributed by atoms with Gasteiger partial charge in [-0.3, -0.25) is 0 Å². The highest BCUT2D eigenvalue weighted by Crippen LogP contribution is 2.27. The van der Waals surface area contributed by atoms with Crippen LogP contribution >= 0.6 is 0 Å². The maximum Gasteiger partial charge on any atom is 0.243 e. The zero-order chi connectivity index (χ0) is 14.8. The summed E-state index contributed by atoms with van der Waals surface area (Å²) < 4.78 is 40.4. The van der Waals surface area contributed by atoms with Crippen molar-refractivity contribution in [1.29, 1.82) is 0 Å². The van der Waals surface area contributed by atoms with Crippen LogP contribution in [0.15, 0.2) is 17.0 Å². The van der Waals surface area contributed by atoms with Crippen molar-refractivity contribution < 1.29 is 12.8 Å². The van der Waals surface area contributed by atoms with Crippen molar-refractivity contribution in [2.75, 3.05) is 12.3 Å². The van der Waals surface area contributed by atoms with Gasteiger partial charge in [-0.15, -0.1) is 0 Å². The summed E-state index contributed by atoms with van der Waals surface area (Å²) in [6.07, 6.45) is 5.57. The number of aryl methyl sites for hydroxylation is 1. The van der Waals surface area contributed by atoms with Crippen LogP contribution in [0.2, 0.25) is 0 Å². The average Bonchev–Trinajstić information content (AvgIpc) is 2.86. The van der Waals surface area contributed by atoms with Crippen molar-refractivity contribution in [3.8, 4) is 0 Å². The van der Waals surface area contributed by atoms with Crippen molar-refractivity contribution in [1.82, 2.24) is 4.72 Å². The lowest BCUT2D eigenvalue weighted by molar-refractivity contribution is 0.494. The lowest BCUT2D eigenvalue weighted by atomic mass is 10.1. The number of nitrogen functional groups attached to an aromatic ring is 1. The first-order valence-corrected chi connectivity index (χ1v) is 8.44. The van der Waals surface area contributed by atoms with Crippen LogP contribution < -0.4 is 10.5 Å². The monoisotopic (exact) mass is 300 g/mol. The molecule has 0 atom stereocenters. The van der Waals surface area contributed by atoms with Crippen molar-refractivity contribution >= 4 is 15.7 Å². The number of rotatable bonds is 5. The van der Waals surface area contributed by atoms with Gasteiger partial charge >= 0.3 is 0 Å². The van der Waals surface area contributed by atoms with Crippen molar-refractivity contribution in [3.05, 3.63) is 23.5 Å². The van der Waals surface area contributed by atoms with Gasteiger partial charge < -0.3 is 5.73 Å². The van der Waals surface area contributed by atoms with Crippen LogP contribution in [0.1, 0.15) is 37.7 Å². The van der Waals surface area contributed by atoms with Gasteiger partial charge in [-0.25, -0.2) is 17.5 Å². The predicted octanol–water partition coefficient (Wildman–Crippen LogP) is 2.57. The molecular weight excluding hydrogens is 279 g/mol. The summed E-state index contributed by atoms with van der Waals surface area (Å²) in [6.45, 7) is 1.99. The molecule has 0 saturated heterocycles. The van der Waals surface area contributed by atoms with Gasteiger partial charge in [-0.2, -0.15) is 0 Å². The van der Waals surface area contributed by atoms with Crippen LogP contribution in [0.25, 0.3) is 0 Å². The van der Waals surface area contributed by atoms with E-state index < -0.39 is 15.8 Å². The second-order valence-electron chi connectivity index (χ2n) is 5.48. The summed E-state index contributed by atoms with van der Waals surface area (Å²) in [4.78, 5) is -0.368. The number of hydrogen-bond donors (Lipinski definition) is 2. The molecule has 20 heavy (non-hydrogen) atoms. The van der Waals surface area contributed by atoms with Crippen molar-refractivity contribution in [3.63, 3.8) is 0 Å². The molecule has 1 aliphatic rings. The lowest BCUT2D eigenvalue weighted by Gasteiger charge is -2.12. The molecular formula is C14H21FN2O2S. The van der Waals surface area contributed by atoms with E-state index in [1.165, 1.54) is 18.9 Å². The van der Waals surface area contributed by atoms with Gasteiger partial charge in [0.2, 0.25) is 10.0 Å². The Labute approximate surface area is 119 Å². The minimum atomic E-state index is -3.83. The predicted molar refractivity (Wildman–Crippen MR) is 77.3 cm³/mol. The Bertz CT molecular complexity index is 581. The fraction of sp³-hybridized carbons (Fsp3) is 0.571. The van der Waals surface area contributed by atoms with Gasteiger partial charge in [-0.1, -0.05) is 25.7 Å². The molecule has 112 valence electrons. The fourth-order valence-corrected chi connectivity index (χ4v) is 3.79. The number of nitrogens with two attached hydrogens (primary N) is 1. The molecule has 1 aliphatic carbocycles. The minimum absolute atomic E-state index is 0.280. The van der Waals surface area contributed by atoms with E-state index in [4.69, 9.17) is 5.73 Å². The van der Waals surface area contributed by atoms with E-state index in [1.54, 1.807) is 6.92 Å². The molecule has 0 aromatic heterocycles. The number of halogens is 1. The topological polar surface area (TPSA) is 72.2 Å². The number of hydrogen-bond acceptors (Lipinski definition) is 3. The molecule has 2 rings (SSSR count). The van der Waals surface area contributed by atoms with Gasteiger partial charge in [0.1, 0.15) is 10.7 Å². The number of benzene rings is 1. The first-order chi connectivity index (χ1) is 9.40. The lowest BCUT2D eigenvalue weighted by Crippen LogP contribution is -2.27. The molecule has 0 heterocycles. The zero-order valence-corrected chi connectivity index (χ0v) is 12.5. The molecule has 6 heteroatoms. The quantitative estimate of drug-likeness (QED) is 0.821. The third kappa shape index (κ3) is 3.49. The van der Waals surface area contributed by atoms with Crippen molar-refractivity contribution in [2.24, 2.45) is 5.92 Å². The van der Waals surface area contributed by atoms with Gasteiger partial charge in [0, 0.05) is 12.2 Å². The van der Waals surface area contributed by atoms with E-state index in [0.717, 1.165) is 25.3 Å². The largest absolute Gasteiger partial charge is 0.398 e. The Morgan fingerprint density at radius 1 is 1.35 bits per heavy atom. The second kappa shape index (κ2) is 6.10. The average molecular weight is 300 g/mol. The third-order valence-corrected chi connectivity index (χ3v) is 5.41. The molecule has 4 nitrogen and oxygen atoms in total. The molecule has 1 fully saturated rings. The molecule has 0 radical (unpaired) electrons. The first kappa shape index (κ1) is 15.3. The van der Waals surface area contributed by atoms with E-state index in [1.807, 2.05) is 0 Å². The molecule has 1 aromatic carbocycles. The van der Waals surface area contributed by atoms with E-state index in [2.05, 4.69) is 4.72 Å². The van der Waals surface area contributed by atoms with Crippen LogP contribution in [0.3, 0.4) is 0 Å². The van der Waals surface area contributed by atoms with Crippen LogP contribution in [0.4, 0.5) is 10.1 Å². The van der Waals surface area contributed by atoms with Gasteiger partial charge in [0.05, 0.1) is 0 Å².